The summed E-state index contributed by atoms with van der Waals surface area (Å²) < 4.78 is 10.6. The molecule has 0 radical (unpaired) electrons. The molecule has 0 aromatic heterocycles. The van der Waals surface area contributed by atoms with E-state index in [-0.39, 0.29) is 5.38 Å². The molecule has 0 saturated heterocycles. The molecule has 0 aliphatic rings. The second-order valence-corrected chi connectivity index (χ2v) is 5.56. The number of alkyl halides is 1. The summed E-state index contributed by atoms with van der Waals surface area (Å²) in [4.78, 5) is 1.22. The molecule has 2 aromatic rings. The van der Waals surface area contributed by atoms with Crippen molar-refractivity contribution >= 4 is 23.4 Å². The Morgan fingerprint density at radius 1 is 1.00 bits per heavy atom. The van der Waals surface area contributed by atoms with Crippen molar-refractivity contribution in [1.82, 2.24) is 0 Å². The summed E-state index contributed by atoms with van der Waals surface area (Å²) in [7, 11) is 3.27. The smallest absolute Gasteiger partial charge is 0.127 e. The Kier molecular flexibility index (Phi) is 5.21. The zero-order chi connectivity index (χ0) is 14.5. The highest BCUT2D eigenvalue weighted by molar-refractivity contribution is 7.98. The number of hydrogen-bond donors (Lipinski definition) is 0. The Morgan fingerprint density at radius 3 is 2.25 bits per heavy atom. The molecular formula is C16H17ClO2S. The fourth-order valence-corrected chi connectivity index (χ4v) is 2.71. The molecule has 0 aliphatic carbocycles. The van der Waals surface area contributed by atoms with Crippen molar-refractivity contribution < 1.29 is 9.47 Å². The summed E-state index contributed by atoms with van der Waals surface area (Å²) in [5, 5.41) is -0.244. The molecule has 2 rings (SSSR count). The van der Waals surface area contributed by atoms with E-state index in [4.69, 9.17) is 21.1 Å². The lowest BCUT2D eigenvalue weighted by Gasteiger charge is -2.15. The van der Waals surface area contributed by atoms with Gasteiger partial charge in [0.15, 0.2) is 0 Å². The lowest BCUT2D eigenvalue weighted by atomic mass is 10.0. The van der Waals surface area contributed by atoms with Gasteiger partial charge in [0, 0.05) is 16.5 Å². The van der Waals surface area contributed by atoms with Crippen LogP contribution >= 0.6 is 23.4 Å². The molecule has 4 heteroatoms. The summed E-state index contributed by atoms with van der Waals surface area (Å²) in [6.07, 6.45) is 2.06. The maximum Gasteiger partial charge on any atom is 0.127 e. The number of rotatable bonds is 5. The Hall–Kier alpha value is -1.32. The first-order chi connectivity index (χ1) is 9.69. The van der Waals surface area contributed by atoms with Crippen molar-refractivity contribution in [2.75, 3.05) is 20.5 Å². The molecule has 20 heavy (non-hydrogen) atoms. The van der Waals surface area contributed by atoms with Crippen LogP contribution in [0.3, 0.4) is 0 Å². The predicted molar refractivity (Wildman–Crippen MR) is 85.5 cm³/mol. The van der Waals surface area contributed by atoms with Crippen LogP contribution in [0.5, 0.6) is 11.5 Å². The summed E-state index contributed by atoms with van der Waals surface area (Å²) >= 11 is 8.29. The van der Waals surface area contributed by atoms with E-state index in [0.29, 0.717) is 0 Å². The van der Waals surface area contributed by atoms with E-state index >= 15 is 0 Å². The Bertz CT molecular complexity index is 569. The van der Waals surface area contributed by atoms with Gasteiger partial charge in [0.05, 0.1) is 19.6 Å². The molecule has 1 atom stereocenters. The third-order valence-corrected chi connectivity index (χ3v) is 4.35. The third kappa shape index (κ3) is 3.22. The van der Waals surface area contributed by atoms with Crippen LogP contribution in [0.2, 0.25) is 0 Å². The van der Waals surface area contributed by atoms with Crippen molar-refractivity contribution in [3.8, 4) is 11.5 Å². The highest BCUT2D eigenvalue weighted by Crippen LogP contribution is 2.37. The van der Waals surface area contributed by atoms with Crippen LogP contribution in [0.25, 0.3) is 0 Å². The van der Waals surface area contributed by atoms with Gasteiger partial charge in [0.1, 0.15) is 11.5 Å². The van der Waals surface area contributed by atoms with Crippen molar-refractivity contribution in [3.05, 3.63) is 53.6 Å². The molecule has 0 spiro atoms. The summed E-state index contributed by atoms with van der Waals surface area (Å²) in [6, 6.07) is 13.9. The zero-order valence-electron chi connectivity index (χ0n) is 11.7. The number of thioether (sulfide) groups is 1. The van der Waals surface area contributed by atoms with Crippen LogP contribution in [0, 0.1) is 0 Å². The Morgan fingerprint density at radius 2 is 1.70 bits per heavy atom. The quantitative estimate of drug-likeness (QED) is 0.586. The average Bonchev–Trinajstić information content (AvgIpc) is 2.53. The number of hydrogen-bond acceptors (Lipinski definition) is 3. The molecule has 1 unspecified atom stereocenters. The molecule has 0 amide bonds. The van der Waals surface area contributed by atoms with Crippen molar-refractivity contribution in [2.24, 2.45) is 0 Å². The van der Waals surface area contributed by atoms with Crippen LogP contribution in [0.15, 0.2) is 47.4 Å². The molecule has 0 aliphatic heterocycles. The third-order valence-electron chi connectivity index (χ3n) is 3.12. The van der Waals surface area contributed by atoms with Gasteiger partial charge in [-0.25, -0.2) is 0 Å². The van der Waals surface area contributed by atoms with Crippen molar-refractivity contribution in [1.29, 1.82) is 0 Å². The van der Waals surface area contributed by atoms with E-state index in [0.717, 1.165) is 22.6 Å². The van der Waals surface area contributed by atoms with Crippen molar-refractivity contribution in [3.63, 3.8) is 0 Å². The standard InChI is InChI=1S/C16H17ClO2S/c1-18-12-6-9-14(15(10-12)19-2)16(17)11-4-7-13(20-3)8-5-11/h4-10,16H,1-3H3. The molecule has 0 fully saturated rings. The normalized spacial score (nSPS) is 12.0. The van der Waals surface area contributed by atoms with Gasteiger partial charge in [0.2, 0.25) is 0 Å². The number of ether oxygens (including phenoxy) is 2. The molecule has 0 N–H and O–H groups in total. The molecule has 0 saturated carbocycles. The Labute approximate surface area is 129 Å². The SMILES string of the molecule is COc1ccc(C(Cl)c2ccc(SC)cc2)c(OC)c1. The maximum absolute atomic E-state index is 6.58. The van der Waals surface area contributed by atoms with Gasteiger partial charge in [-0.2, -0.15) is 0 Å². The van der Waals surface area contributed by atoms with E-state index in [9.17, 15) is 0 Å². The lowest BCUT2D eigenvalue weighted by Crippen LogP contribution is -1.98. The summed E-state index contributed by atoms with van der Waals surface area (Å²) in [5.41, 5.74) is 1.99. The van der Waals surface area contributed by atoms with E-state index in [1.54, 1.807) is 26.0 Å². The molecular weight excluding hydrogens is 292 g/mol. The summed E-state index contributed by atoms with van der Waals surface area (Å²) in [5.74, 6) is 1.49. The Balaban J connectivity index is 2.33. The van der Waals surface area contributed by atoms with Crippen LogP contribution < -0.4 is 9.47 Å². The minimum Gasteiger partial charge on any atom is -0.497 e. The van der Waals surface area contributed by atoms with Crippen LogP contribution in [-0.2, 0) is 0 Å². The van der Waals surface area contributed by atoms with E-state index in [2.05, 4.69) is 18.4 Å². The van der Waals surface area contributed by atoms with Gasteiger partial charge in [-0.05, 0) is 36.1 Å². The first-order valence-electron chi connectivity index (χ1n) is 6.19. The van der Waals surface area contributed by atoms with Crippen LogP contribution in [-0.4, -0.2) is 20.5 Å². The van der Waals surface area contributed by atoms with E-state index < -0.39 is 0 Å². The maximum atomic E-state index is 6.58. The fraction of sp³-hybridized carbons (Fsp3) is 0.250. The van der Waals surface area contributed by atoms with Gasteiger partial charge in [-0.15, -0.1) is 23.4 Å². The second kappa shape index (κ2) is 6.91. The first kappa shape index (κ1) is 15.1. The van der Waals surface area contributed by atoms with Gasteiger partial charge in [0.25, 0.3) is 0 Å². The van der Waals surface area contributed by atoms with Crippen molar-refractivity contribution in [2.45, 2.75) is 10.3 Å². The van der Waals surface area contributed by atoms with Crippen LogP contribution in [0.1, 0.15) is 16.5 Å². The van der Waals surface area contributed by atoms with E-state index in [1.165, 1.54) is 4.90 Å². The monoisotopic (exact) mass is 308 g/mol. The summed E-state index contributed by atoms with van der Waals surface area (Å²) in [6.45, 7) is 0. The average molecular weight is 309 g/mol. The highest BCUT2D eigenvalue weighted by atomic mass is 35.5. The molecule has 2 nitrogen and oxygen atoms in total. The van der Waals surface area contributed by atoms with Gasteiger partial charge < -0.3 is 9.47 Å². The minimum absolute atomic E-state index is 0.244. The first-order valence-corrected chi connectivity index (χ1v) is 7.85. The topological polar surface area (TPSA) is 18.5 Å². The molecule has 0 heterocycles. The zero-order valence-corrected chi connectivity index (χ0v) is 13.3. The largest absolute Gasteiger partial charge is 0.497 e. The minimum atomic E-state index is -0.244. The second-order valence-electron chi connectivity index (χ2n) is 4.24. The van der Waals surface area contributed by atoms with Gasteiger partial charge in [-0.1, -0.05) is 12.1 Å². The van der Waals surface area contributed by atoms with E-state index in [1.807, 2.05) is 30.3 Å². The lowest BCUT2D eigenvalue weighted by molar-refractivity contribution is 0.391. The van der Waals surface area contributed by atoms with Crippen LogP contribution in [0.4, 0.5) is 0 Å². The fourth-order valence-electron chi connectivity index (χ4n) is 1.98. The number of benzene rings is 2. The number of methoxy groups -OCH3 is 2. The molecule has 0 bridgehead atoms. The number of halogens is 1. The van der Waals surface area contributed by atoms with Gasteiger partial charge >= 0.3 is 0 Å². The molecule has 2 aromatic carbocycles. The van der Waals surface area contributed by atoms with Gasteiger partial charge in [-0.3, -0.25) is 0 Å². The predicted octanol–water partition coefficient (Wildman–Crippen LogP) is 4.75. The molecule has 106 valence electrons. The highest BCUT2D eigenvalue weighted by Gasteiger charge is 2.16.